The van der Waals surface area contributed by atoms with Crippen LogP contribution in [-0.4, -0.2) is 41.1 Å². The minimum Gasteiger partial charge on any atom is -0.481 e. The summed E-state index contributed by atoms with van der Waals surface area (Å²) in [5.41, 5.74) is 5.96. The second-order valence-corrected chi connectivity index (χ2v) is 5.30. The van der Waals surface area contributed by atoms with E-state index in [1.165, 1.54) is 12.8 Å². The molecule has 2 aliphatic rings. The number of carboxylic acids is 1. The molecular weight excluding hydrogens is 204 g/mol. The molecule has 3 atom stereocenters. The van der Waals surface area contributed by atoms with Crippen LogP contribution in [0, 0.1) is 11.8 Å². The summed E-state index contributed by atoms with van der Waals surface area (Å²) in [6, 6.07) is 0.593. The molecule has 1 saturated heterocycles. The average Bonchev–Trinajstić information content (AvgIpc) is 3.02. The van der Waals surface area contributed by atoms with Crippen LogP contribution in [0.5, 0.6) is 0 Å². The lowest BCUT2D eigenvalue weighted by Gasteiger charge is -2.39. The first-order chi connectivity index (χ1) is 7.61. The molecular formula is C12H22N2O2. The van der Waals surface area contributed by atoms with Crippen molar-refractivity contribution >= 4 is 5.97 Å². The molecule has 0 amide bonds. The lowest BCUT2D eigenvalue weighted by molar-refractivity contribution is -0.144. The Kier molecular flexibility index (Phi) is 3.50. The van der Waals surface area contributed by atoms with Crippen LogP contribution >= 0.6 is 0 Å². The van der Waals surface area contributed by atoms with Gasteiger partial charge in [-0.3, -0.25) is 9.69 Å². The molecule has 0 radical (unpaired) electrons. The molecule has 4 heteroatoms. The third-order valence-corrected chi connectivity index (χ3v) is 3.91. The fraction of sp³-hybridized carbons (Fsp3) is 0.917. The van der Waals surface area contributed by atoms with Gasteiger partial charge in [0, 0.05) is 25.2 Å². The molecule has 0 bridgehead atoms. The molecule has 0 spiro atoms. The molecule has 16 heavy (non-hydrogen) atoms. The molecule has 3 unspecified atom stereocenters. The molecule has 2 fully saturated rings. The van der Waals surface area contributed by atoms with E-state index in [-0.39, 0.29) is 12.0 Å². The number of nitrogens with two attached hydrogens (primary N) is 1. The number of hydrogen-bond donors (Lipinski definition) is 2. The van der Waals surface area contributed by atoms with Gasteiger partial charge in [-0.25, -0.2) is 0 Å². The minimum absolute atomic E-state index is 0.0302. The summed E-state index contributed by atoms with van der Waals surface area (Å²) < 4.78 is 0. The summed E-state index contributed by atoms with van der Waals surface area (Å²) in [5, 5.41) is 9.10. The van der Waals surface area contributed by atoms with E-state index in [0.717, 1.165) is 18.9 Å². The monoisotopic (exact) mass is 226 g/mol. The van der Waals surface area contributed by atoms with E-state index in [9.17, 15) is 4.79 Å². The van der Waals surface area contributed by atoms with Gasteiger partial charge in [-0.2, -0.15) is 0 Å². The highest BCUT2D eigenvalue weighted by atomic mass is 16.4. The fourth-order valence-electron chi connectivity index (χ4n) is 2.99. The van der Waals surface area contributed by atoms with E-state index in [2.05, 4.69) is 11.8 Å². The van der Waals surface area contributed by atoms with Crippen LogP contribution in [0.4, 0.5) is 0 Å². The van der Waals surface area contributed by atoms with Crippen LogP contribution in [0.25, 0.3) is 0 Å². The zero-order chi connectivity index (χ0) is 11.7. The minimum atomic E-state index is -0.689. The highest BCUT2D eigenvalue weighted by Crippen LogP contribution is 2.38. The zero-order valence-corrected chi connectivity index (χ0v) is 9.93. The summed E-state index contributed by atoms with van der Waals surface area (Å²) in [6.45, 7) is 3.76. The van der Waals surface area contributed by atoms with E-state index in [4.69, 9.17) is 10.8 Å². The van der Waals surface area contributed by atoms with Crippen molar-refractivity contribution in [3.63, 3.8) is 0 Å². The van der Waals surface area contributed by atoms with Crippen molar-refractivity contribution < 1.29 is 9.90 Å². The maximum Gasteiger partial charge on any atom is 0.307 e. The van der Waals surface area contributed by atoms with Gasteiger partial charge in [-0.15, -0.1) is 0 Å². The van der Waals surface area contributed by atoms with Crippen molar-refractivity contribution in [2.75, 3.05) is 13.1 Å². The number of rotatable bonds is 4. The van der Waals surface area contributed by atoms with Crippen molar-refractivity contribution in [2.45, 2.75) is 44.7 Å². The molecule has 1 aliphatic carbocycles. The number of piperidine rings is 1. The van der Waals surface area contributed by atoms with Crippen molar-refractivity contribution in [3.05, 3.63) is 0 Å². The van der Waals surface area contributed by atoms with E-state index in [0.29, 0.717) is 19.0 Å². The van der Waals surface area contributed by atoms with Crippen LogP contribution in [0.3, 0.4) is 0 Å². The Bertz CT molecular complexity index is 266. The molecule has 0 aromatic carbocycles. The molecule has 4 nitrogen and oxygen atoms in total. The van der Waals surface area contributed by atoms with Crippen molar-refractivity contribution in [1.82, 2.24) is 4.90 Å². The first-order valence-electron chi connectivity index (χ1n) is 6.34. The molecule has 1 aliphatic heterocycles. The summed E-state index contributed by atoms with van der Waals surface area (Å²) in [6.07, 6.45) is 4.36. The van der Waals surface area contributed by atoms with Gasteiger partial charge in [0.25, 0.3) is 0 Å². The number of nitrogens with zero attached hydrogens (tertiary/aromatic N) is 1. The van der Waals surface area contributed by atoms with Gasteiger partial charge < -0.3 is 10.8 Å². The standard InChI is InChI=1S/C12H22N2O2/c1-2-11(8-3-4-8)14-6-9(12(15)16)5-10(13)7-14/h8-11H,2-7,13H2,1H3,(H,15,16). The first-order valence-corrected chi connectivity index (χ1v) is 6.34. The first kappa shape index (κ1) is 11.9. The quantitative estimate of drug-likeness (QED) is 0.747. The highest BCUT2D eigenvalue weighted by molar-refractivity contribution is 5.70. The van der Waals surface area contributed by atoms with E-state index < -0.39 is 5.97 Å². The lowest BCUT2D eigenvalue weighted by Crippen LogP contribution is -2.53. The Balaban J connectivity index is 1.99. The molecule has 3 N–H and O–H groups in total. The Morgan fingerprint density at radius 2 is 2.19 bits per heavy atom. The van der Waals surface area contributed by atoms with Crippen molar-refractivity contribution in [2.24, 2.45) is 17.6 Å². The molecule has 1 heterocycles. The number of carboxylic acid groups (broad SMARTS) is 1. The van der Waals surface area contributed by atoms with Crippen LogP contribution in [0.1, 0.15) is 32.6 Å². The normalized spacial score (nSPS) is 33.6. The predicted molar refractivity (Wildman–Crippen MR) is 62.1 cm³/mol. The van der Waals surface area contributed by atoms with Crippen molar-refractivity contribution in [3.8, 4) is 0 Å². The summed E-state index contributed by atoms with van der Waals surface area (Å²) in [7, 11) is 0. The number of hydrogen-bond acceptors (Lipinski definition) is 3. The predicted octanol–water partition coefficient (Wildman–Crippen LogP) is 0.909. The lowest BCUT2D eigenvalue weighted by atomic mass is 9.92. The number of aliphatic carboxylic acids is 1. The van der Waals surface area contributed by atoms with Crippen molar-refractivity contribution in [1.29, 1.82) is 0 Å². The van der Waals surface area contributed by atoms with E-state index in [1.807, 2.05) is 0 Å². The van der Waals surface area contributed by atoms with Gasteiger partial charge in [0.05, 0.1) is 5.92 Å². The molecule has 92 valence electrons. The topological polar surface area (TPSA) is 66.6 Å². The second kappa shape index (κ2) is 4.72. The second-order valence-electron chi connectivity index (χ2n) is 5.30. The van der Waals surface area contributed by atoms with Gasteiger partial charge in [-0.1, -0.05) is 6.92 Å². The Morgan fingerprint density at radius 3 is 2.69 bits per heavy atom. The Labute approximate surface area is 96.8 Å². The Hall–Kier alpha value is -0.610. The summed E-state index contributed by atoms with van der Waals surface area (Å²) in [5.74, 6) is -0.160. The third-order valence-electron chi connectivity index (χ3n) is 3.91. The van der Waals surface area contributed by atoms with Gasteiger partial charge in [0.1, 0.15) is 0 Å². The van der Waals surface area contributed by atoms with Crippen LogP contribution < -0.4 is 5.73 Å². The third kappa shape index (κ3) is 2.55. The maximum absolute atomic E-state index is 11.1. The zero-order valence-electron chi connectivity index (χ0n) is 9.93. The highest BCUT2D eigenvalue weighted by Gasteiger charge is 2.38. The molecule has 1 saturated carbocycles. The van der Waals surface area contributed by atoms with Crippen LogP contribution in [0.2, 0.25) is 0 Å². The van der Waals surface area contributed by atoms with E-state index >= 15 is 0 Å². The number of carbonyl (C=O) groups is 1. The molecule has 0 aromatic rings. The van der Waals surface area contributed by atoms with E-state index in [1.54, 1.807) is 0 Å². The van der Waals surface area contributed by atoms with Gasteiger partial charge >= 0.3 is 5.97 Å². The number of likely N-dealkylation sites (tertiary alicyclic amines) is 1. The maximum atomic E-state index is 11.1. The van der Waals surface area contributed by atoms with Crippen LogP contribution in [-0.2, 0) is 4.79 Å². The average molecular weight is 226 g/mol. The molecule has 2 rings (SSSR count). The SMILES string of the molecule is CCC(C1CC1)N1CC(N)CC(C(=O)O)C1. The molecule has 0 aromatic heterocycles. The smallest absolute Gasteiger partial charge is 0.307 e. The van der Waals surface area contributed by atoms with Gasteiger partial charge in [0.2, 0.25) is 0 Å². The van der Waals surface area contributed by atoms with Gasteiger partial charge in [0.15, 0.2) is 0 Å². The summed E-state index contributed by atoms with van der Waals surface area (Å²) in [4.78, 5) is 13.4. The van der Waals surface area contributed by atoms with Crippen LogP contribution in [0.15, 0.2) is 0 Å². The Morgan fingerprint density at radius 1 is 1.50 bits per heavy atom. The largest absolute Gasteiger partial charge is 0.481 e. The van der Waals surface area contributed by atoms with Gasteiger partial charge in [-0.05, 0) is 31.6 Å². The fourth-order valence-corrected chi connectivity index (χ4v) is 2.99. The summed E-state index contributed by atoms with van der Waals surface area (Å²) >= 11 is 0.